The van der Waals surface area contributed by atoms with Gasteiger partial charge in [0.2, 0.25) is 5.43 Å². The van der Waals surface area contributed by atoms with Gasteiger partial charge in [0.1, 0.15) is 22.7 Å². The van der Waals surface area contributed by atoms with E-state index in [0.717, 1.165) is 24.6 Å². The molecule has 1 fully saturated rings. The van der Waals surface area contributed by atoms with E-state index in [2.05, 4.69) is 15.3 Å². The molecule has 0 spiro atoms. The Morgan fingerprint density at radius 2 is 1.71 bits per heavy atom. The van der Waals surface area contributed by atoms with Crippen LogP contribution in [0.1, 0.15) is 33.7 Å². The van der Waals surface area contributed by atoms with E-state index in [1.165, 1.54) is 36.7 Å². The number of hydrogen-bond acceptors (Lipinski definition) is 6. The van der Waals surface area contributed by atoms with Crippen molar-refractivity contribution in [3.05, 3.63) is 119 Å². The molecule has 41 heavy (non-hydrogen) atoms. The van der Waals surface area contributed by atoms with Crippen LogP contribution in [-0.4, -0.2) is 44.3 Å². The number of para-hydroxylation sites is 1. The predicted molar refractivity (Wildman–Crippen MR) is 151 cm³/mol. The van der Waals surface area contributed by atoms with Gasteiger partial charge in [0.15, 0.2) is 11.6 Å². The fourth-order valence-corrected chi connectivity index (χ4v) is 4.77. The van der Waals surface area contributed by atoms with Gasteiger partial charge in [0.25, 0.3) is 11.8 Å². The fraction of sp³-hybridized carbons (Fsp3) is 0.129. The van der Waals surface area contributed by atoms with Gasteiger partial charge < -0.3 is 19.5 Å². The standard InChI is InChI=1S/C31H24FN5O4/c32-25-17-20(10-11-27(25)41-22-12-14-33-26(18-22)31(40)36-15-4-5-16-36)35-30(39)24-19-37(21-7-2-1-3-8-21)29-23(28(24)38)9-6-13-34-29/h1-3,6-14,17-19H,4-5,15-16H2,(H,35,39). The van der Waals surface area contributed by atoms with Gasteiger partial charge in [0.05, 0.1) is 5.39 Å². The minimum atomic E-state index is -0.739. The molecule has 0 radical (unpaired) electrons. The first kappa shape index (κ1) is 25.9. The zero-order valence-electron chi connectivity index (χ0n) is 21.8. The van der Waals surface area contributed by atoms with E-state index >= 15 is 4.39 Å². The number of carbonyl (C=O) groups is 2. The second kappa shape index (κ2) is 11.0. The summed E-state index contributed by atoms with van der Waals surface area (Å²) in [7, 11) is 0. The van der Waals surface area contributed by atoms with E-state index < -0.39 is 17.2 Å². The number of halogens is 1. The molecule has 0 saturated carbocycles. The lowest BCUT2D eigenvalue weighted by atomic mass is 10.1. The van der Waals surface area contributed by atoms with E-state index in [4.69, 9.17) is 4.74 Å². The number of nitrogens with zero attached hydrogens (tertiary/aromatic N) is 4. The van der Waals surface area contributed by atoms with E-state index in [9.17, 15) is 14.4 Å². The molecule has 9 nitrogen and oxygen atoms in total. The van der Waals surface area contributed by atoms with Gasteiger partial charge in [-0.25, -0.2) is 9.37 Å². The lowest BCUT2D eigenvalue weighted by molar-refractivity contribution is 0.0786. The Morgan fingerprint density at radius 1 is 0.902 bits per heavy atom. The first-order valence-electron chi connectivity index (χ1n) is 13.1. The maximum atomic E-state index is 15.0. The zero-order chi connectivity index (χ0) is 28.3. The smallest absolute Gasteiger partial charge is 0.272 e. The minimum Gasteiger partial charge on any atom is -0.454 e. The highest BCUT2D eigenvalue weighted by Crippen LogP contribution is 2.28. The zero-order valence-corrected chi connectivity index (χ0v) is 21.8. The van der Waals surface area contributed by atoms with Crippen molar-refractivity contribution >= 4 is 28.5 Å². The largest absolute Gasteiger partial charge is 0.454 e. The summed E-state index contributed by atoms with van der Waals surface area (Å²) in [5.74, 6) is -1.47. The van der Waals surface area contributed by atoms with Crippen LogP contribution in [-0.2, 0) is 0 Å². The van der Waals surface area contributed by atoms with E-state index in [1.807, 2.05) is 30.3 Å². The molecule has 2 amide bonds. The first-order valence-corrected chi connectivity index (χ1v) is 13.1. The third-order valence-electron chi connectivity index (χ3n) is 6.80. The number of ether oxygens (including phenoxy) is 1. The molecule has 5 aromatic rings. The predicted octanol–water partition coefficient (Wildman–Crippen LogP) is 5.20. The number of carbonyl (C=O) groups excluding carboxylic acids is 2. The highest BCUT2D eigenvalue weighted by atomic mass is 19.1. The summed E-state index contributed by atoms with van der Waals surface area (Å²) < 4.78 is 22.4. The summed E-state index contributed by atoms with van der Waals surface area (Å²) in [6.45, 7) is 1.37. The number of aromatic nitrogens is 3. The number of pyridine rings is 3. The number of likely N-dealkylation sites (tertiary alicyclic amines) is 1. The number of rotatable bonds is 6. The molecule has 204 valence electrons. The summed E-state index contributed by atoms with van der Waals surface area (Å²) in [4.78, 5) is 49.2. The SMILES string of the molecule is O=C(Nc1ccc(Oc2ccnc(C(=O)N3CCCC3)c2)c(F)c1)c1cn(-c2ccccc2)c2ncccc2c1=O. The third-order valence-corrected chi connectivity index (χ3v) is 6.80. The van der Waals surface area contributed by atoms with Crippen molar-refractivity contribution in [2.45, 2.75) is 12.8 Å². The van der Waals surface area contributed by atoms with Crippen LogP contribution < -0.4 is 15.5 Å². The number of fused-ring (bicyclic) bond motifs is 1. The monoisotopic (exact) mass is 549 g/mol. The van der Waals surface area contributed by atoms with Gasteiger partial charge in [-0.05, 0) is 55.3 Å². The Kier molecular flexibility index (Phi) is 6.95. The molecule has 0 atom stereocenters. The molecule has 0 unspecified atom stereocenters. The molecule has 0 aliphatic carbocycles. The van der Waals surface area contributed by atoms with Crippen molar-refractivity contribution in [3.63, 3.8) is 0 Å². The second-order valence-corrected chi connectivity index (χ2v) is 9.53. The Balaban J connectivity index is 1.23. The molecule has 0 bridgehead atoms. The molecule has 2 aromatic carbocycles. The molecular formula is C31H24FN5O4. The average molecular weight is 550 g/mol. The van der Waals surface area contributed by atoms with Crippen molar-refractivity contribution in [2.75, 3.05) is 18.4 Å². The maximum Gasteiger partial charge on any atom is 0.272 e. The molecule has 10 heteroatoms. The summed E-state index contributed by atoms with van der Waals surface area (Å²) in [5, 5.41) is 2.88. The molecule has 1 N–H and O–H groups in total. The van der Waals surface area contributed by atoms with Gasteiger partial charge in [-0.2, -0.15) is 0 Å². The van der Waals surface area contributed by atoms with Crippen LogP contribution in [0.15, 0.2) is 96.2 Å². The number of hydrogen-bond donors (Lipinski definition) is 1. The van der Waals surface area contributed by atoms with Crippen LogP contribution in [0.5, 0.6) is 11.5 Å². The lowest BCUT2D eigenvalue weighted by Gasteiger charge is -2.15. The Bertz CT molecular complexity index is 1830. The Labute approximate surface area is 233 Å². The van der Waals surface area contributed by atoms with Gasteiger partial charge >= 0.3 is 0 Å². The van der Waals surface area contributed by atoms with Crippen molar-refractivity contribution in [1.82, 2.24) is 19.4 Å². The Hall–Kier alpha value is -5.38. The van der Waals surface area contributed by atoms with Crippen LogP contribution >= 0.6 is 0 Å². The van der Waals surface area contributed by atoms with Crippen LogP contribution in [0.3, 0.4) is 0 Å². The summed E-state index contributed by atoms with van der Waals surface area (Å²) in [6.07, 6.45) is 6.35. The van der Waals surface area contributed by atoms with Gasteiger partial charge in [0, 0.05) is 55.2 Å². The highest BCUT2D eigenvalue weighted by molar-refractivity contribution is 6.05. The molecule has 6 rings (SSSR count). The van der Waals surface area contributed by atoms with Crippen LogP contribution in [0, 0.1) is 5.82 Å². The number of amides is 2. The molecule has 3 aromatic heterocycles. The molecule has 4 heterocycles. The molecule has 1 aliphatic heterocycles. The van der Waals surface area contributed by atoms with Crippen LogP contribution in [0.4, 0.5) is 10.1 Å². The van der Waals surface area contributed by atoms with Crippen molar-refractivity contribution in [2.24, 2.45) is 0 Å². The topological polar surface area (TPSA) is 106 Å². The normalized spacial score (nSPS) is 12.9. The summed E-state index contributed by atoms with van der Waals surface area (Å²) in [6, 6.07) is 19.4. The number of benzene rings is 2. The van der Waals surface area contributed by atoms with Crippen LogP contribution in [0.2, 0.25) is 0 Å². The van der Waals surface area contributed by atoms with Gasteiger partial charge in [-0.15, -0.1) is 0 Å². The minimum absolute atomic E-state index is 0.100. The number of nitrogens with one attached hydrogen (secondary N) is 1. The van der Waals surface area contributed by atoms with Crippen molar-refractivity contribution in [3.8, 4) is 17.2 Å². The number of anilines is 1. The Morgan fingerprint density at radius 3 is 2.49 bits per heavy atom. The first-order chi connectivity index (χ1) is 20.0. The van der Waals surface area contributed by atoms with Gasteiger partial charge in [-0.3, -0.25) is 19.4 Å². The summed E-state index contributed by atoms with van der Waals surface area (Å²) >= 11 is 0. The lowest BCUT2D eigenvalue weighted by Crippen LogP contribution is -2.28. The van der Waals surface area contributed by atoms with E-state index in [-0.39, 0.29) is 39.7 Å². The van der Waals surface area contributed by atoms with E-state index in [0.29, 0.717) is 18.7 Å². The average Bonchev–Trinajstić information content (AvgIpc) is 3.54. The summed E-state index contributed by atoms with van der Waals surface area (Å²) in [5.41, 5.74) is 0.877. The van der Waals surface area contributed by atoms with Crippen molar-refractivity contribution in [1.29, 1.82) is 0 Å². The molecule has 1 saturated heterocycles. The van der Waals surface area contributed by atoms with Crippen LogP contribution in [0.25, 0.3) is 16.7 Å². The van der Waals surface area contributed by atoms with Crippen molar-refractivity contribution < 1.29 is 18.7 Å². The second-order valence-electron chi connectivity index (χ2n) is 9.53. The fourth-order valence-electron chi connectivity index (χ4n) is 4.77. The van der Waals surface area contributed by atoms with Gasteiger partial charge in [-0.1, -0.05) is 18.2 Å². The quantitative estimate of drug-likeness (QED) is 0.312. The molecular weight excluding hydrogens is 525 g/mol. The highest BCUT2D eigenvalue weighted by Gasteiger charge is 2.21. The van der Waals surface area contributed by atoms with E-state index in [1.54, 1.807) is 27.8 Å². The molecule has 1 aliphatic rings. The maximum absolute atomic E-state index is 15.0. The third kappa shape index (κ3) is 5.27.